The van der Waals surface area contributed by atoms with Gasteiger partial charge in [0.15, 0.2) is 15.0 Å². The highest BCUT2D eigenvalue weighted by Crippen LogP contribution is 2.31. The van der Waals surface area contributed by atoms with E-state index in [9.17, 15) is 13.2 Å². The lowest BCUT2D eigenvalue weighted by molar-refractivity contribution is -0.130. The van der Waals surface area contributed by atoms with Crippen molar-refractivity contribution in [3.63, 3.8) is 0 Å². The van der Waals surface area contributed by atoms with Crippen molar-refractivity contribution in [2.75, 3.05) is 30.9 Å². The van der Waals surface area contributed by atoms with Crippen LogP contribution in [0.4, 0.5) is 0 Å². The first-order chi connectivity index (χ1) is 16.4. The molecular weight excluding hydrogens is 470 g/mol. The Hall–Kier alpha value is -2.78. The van der Waals surface area contributed by atoms with E-state index in [4.69, 9.17) is 4.74 Å². The minimum atomic E-state index is -3.07. The van der Waals surface area contributed by atoms with Crippen molar-refractivity contribution < 1.29 is 17.9 Å². The number of rotatable bonds is 9. The van der Waals surface area contributed by atoms with Gasteiger partial charge in [0.25, 0.3) is 0 Å². The van der Waals surface area contributed by atoms with Gasteiger partial charge in [-0.1, -0.05) is 55.1 Å². The Labute approximate surface area is 205 Å². The summed E-state index contributed by atoms with van der Waals surface area (Å²) in [4.78, 5) is 19.6. The van der Waals surface area contributed by atoms with Crippen LogP contribution in [-0.2, 0) is 14.6 Å². The zero-order valence-electron chi connectivity index (χ0n) is 19.4. The van der Waals surface area contributed by atoms with Crippen LogP contribution >= 0.6 is 11.8 Å². The molecule has 180 valence electrons. The summed E-state index contributed by atoms with van der Waals surface area (Å²) in [6.07, 6.45) is 3.11. The van der Waals surface area contributed by atoms with E-state index in [1.54, 1.807) is 12.0 Å². The number of imidazole rings is 1. The third-order valence-electron chi connectivity index (χ3n) is 5.87. The van der Waals surface area contributed by atoms with Gasteiger partial charge in [-0.3, -0.25) is 9.36 Å². The van der Waals surface area contributed by atoms with E-state index in [0.29, 0.717) is 18.1 Å². The summed E-state index contributed by atoms with van der Waals surface area (Å²) in [6.45, 7) is 2.55. The second-order valence-corrected chi connectivity index (χ2v) is 11.4. The first-order valence-corrected chi connectivity index (χ1v) is 14.1. The highest BCUT2D eigenvalue weighted by atomic mass is 32.2. The standard InChI is InChI=1S/C25H29N3O4S2/c1-3-13-27(21-12-14-34(30,31)18-21)24(29)17-33-25-26-16-23(19-8-5-4-6-9-19)28(25)20-10-7-11-22(15-20)32-2/h4-11,15-16,21H,3,12-14,17-18H2,1-2H3. The van der Waals surface area contributed by atoms with Crippen molar-refractivity contribution in [1.82, 2.24) is 14.5 Å². The molecule has 1 aromatic heterocycles. The predicted octanol–water partition coefficient (Wildman–Crippen LogP) is 4.07. The number of carbonyl (C=O) groups is 1. The van der Waals surface area contributed by atoms with E-state index in [2.05, 4.69) is 4.98 Å². The number of hydrogen-bond acceptors (Lipinski definition) is 6. The number of thioether (sulfide) groups is 1. The molecule has 1 atom stereocenters. The van der Waals surface area contributed by atoms with Gasteiger partial charge in [0, 0.05) is 24.2 Å². The number of sulfone groups is 1. The Kier molecular flexibility index (Phi) is 7.63. The highest BCUT2D eigenvalue weighted by molar-refractivity contribution is 7.99. The molecule has 9 heteroatoms. The molecule has 0 bridgehead atoms. The molecule has 0 N–H and O–H groups in total. The van der Waals surface area contributed by atoms with Gasteiger partial charge in [0.05, 0.1) is 41.9 Å². The van der Waals surface area contributed by atoms with Crippen LogP contribution in [0.25, 0.3) is 16.9 Å². The van der Waals surface area contributed by atoms with Crippen molar-refractivity contribution in [2.24, 2.45) is 0 Å². The molecule has 1 fully saturated rings. The minimum absolute atomic E-state index is 0.0556. The van der Waals surface area contributed by atoms with Gasteiger partial charge in [0.2, 0.25) is 5.91 Å². The van der Waals surface area contributed by atoms with Crippen LogP contribution in [0.1, 0.15) is 19.8 Å². The zero-order valence-corrected chi connectivity index (χ0v) is 21.0. The molecule has 7 nitrogen and oxygen atoms in total. The topological polar surface area (TPSA) is 81.5 Å². The monoisotopic (exact) mass is 499 g/mol. The van der Waals surface area contributed by atoms with Gasteiger partial charge >= 0.3 is 0 Å². The molecule has 0 spiro atoms. The largest absolute Gasteiger partial charge is 0.497 e. The average Bonchev–Trinajstić information content (AvgIpc) is 3.44. The van der Waals surface area contributed by atoms with Crippen LogP contribution in [0, 0.1) is 0 Å². The molecule has 1 aliphatic heterocycles. The van der Waals surface area contributed by atoms with Crippen LogP contribution in [0.5, 0.6) is 5.75 Å². The quantitative estimate of drug-likeness (QED) is 0.413. The van der Waals surface area contributed by atoms with Crippen molar-refractivity contribution in [1.29, 1.82) is 0 Å². The van der Waals surface area contributed by atoms with Gasteiger partial charge in [-0.05, 0) is 25.0 Å². The van der Waals surface area contributed by atoms with Gasteiger partial charge < -0.3 is 9.64 Å². The number of carbonyl (C=O) groups excluding carboxylic acids is 1. The SMILES string of the molecule is CCCN(C(=O)CSc1ncc(-c2ccccc2)n1-c1cccc(OC)c1)C1CCS(=O)(=O)C1. The summed E-state index contributed by atoms with van der Waals surface area (Å²) in [5.41, 5.74) is 2.81. The molecule has 4 rings (SSSR count). The summed E-state index contributed by atoms with van der Waals surface area (Å²) in [6, 6.07) is 17.5. The average molecular weight is 500 g/mol. The lowest BCUT2D eigenvalue weighted by atomic mass is 10.1. The van der Waals surface area contributed by atoms with Crippen molar-refractivity contribution in [2.45, 2.75) is 31.0 Å². The van der Waals surface area contributed by atoms with Crippen LogP contribution in [-0.4, -0.2) is 65.7 Å². The Morgan fingerprint density at radius 3 is 2.68 bits per heavy atom. The number of amides is 1. The lowest BCUT2D eigenvalue weighted by Gasteiger charge is -2.27. The number of aromatic nitrogens is 2. The summed E-state index contributed by atoms with van der Waals surface area (Å²) >= 11 is 1.36. The van der Waals surface area contributed by atoms with Gasteiger partial charge in [-0.2, -0.15) is 0 Å². The maximum absolute atomic E-state index is 13.2. The van der Waals surface area contributed by atoms with Crippen molar-refractivity contribution >= 4 is 27.5 Å². The van der Waals surface area contributed by atoms with Crippen molar-refractivity contribution in [3.05, 3.63) is 60.8 Å². The second kappa shape index (κ2) is 10.7. The molecule has 2 heterocycles. The fourth-order valence-corrected chi connectivity index (χ4v) is 6.84. The van der Waals surface area contributed by atoms with Gasteiger partial charge in [-0.25, -0.2) is 13.4 Å². The van der Waals surface area contributed by atoms with Crippen LogP contribution in [0.2, 0.25) is 0 Å². The molecule has 0 radical (unpaired) electrons. The Bertz CT molecular complexity index is 1240. The van der Waals surface area contributed by atoms with E-state index in [0.717, 1.165) is 29.1 Å². The molecular formula is C25H29N3O4S2. The van der Waals surface area contributed by atoms with Crippen molar-refractivity contribution in [3.8, 4) is 22.7 Å². The van der Waals surface area contributed by atoms with Crippen LogP contribution in [0.3, 0.4) is 0 Å². The minimum Gasteiger partial charge on any atom is -0.497 e. The number of hydrogen-bond donors (Lipinski definition) is 0. The normalized spacial score (nSPS) is 16.9. The molecule has 2 aromatic carbocycles. The fourth-order valence-electron chi connectivity index (χ4n) is 4.23. The number of benzene rings is 2. The molecule has 34 heavy (non-hydrogen) atoms. The van der Waals surface area contributed by atoms with E-state index in [-0.39, 0.29) is 29.2 Å². The van der Waals surface area contributed by atoms with E-state index in [1.165, 1.54) is 11.8 Å². The second-order valence-electron chi connectivity index (χ2n) is 8.26. The summed E-state index contributed by atoms with van der Waals surface area (Å²) in [5, 5.41) is 0.691. The van der Waals surface area contributed by atoms with E-state index in [1.807, 2.05) is 72.3 Å². The summed E-state index contributed by atoms with van der Waals surface area (Å²) in [5.74, 6) is 1.06. The van der Waals surface area contributed by atoms with Gasteiger partial charge in [-0.15, -0.1) is 0 Å². The maximum Gasteiger partial charge on any atom is 0.233 e. The van der Waals surface area contributed by atoms with E-state index < -0.39 is 9.84 Å². The molecule has 1 amide bonds. The van der Waals surface area contributed by atoms with Crippen LogP contribution in [0.15, 0.2) is 66.0 Å². The highest BCUT2D eigenvalue weighted by Gasteiger charge is 2.34. The summed E-state index contributed by atoms with van der Waals surface area (Å²) in [7, 11) is -1.44. The number of methoxy groups -OCH3 is 1. The van der Waals surface area contributed by atoms with E-state index >= 15 is 0 Å². The third-order valence-corrected chi connectivity index (χ3v) is 8.56. The molecule has 1 saturated heterocycles. The maximum atomic E-state index is 13.2. The predicted molar refractivity (Wildman–Crippen MR) is 135 cm³/mol. The Balaban J connectivity index is 1.61. The molecule has 0 aliphatic carbocycles. The number of nitrogens with zero attached hydrogens (tertiary/aromatic N) is 3. The lowest BCUT2D eigenvalue weighted by Crippen LogP contribution is -2.42. The first-order valence-electron chi connectivity index (χ1n) is 11.3. The molecule has 3 aromatic rings. The Morgan fingerprint density at radius 1 is 1.21 bits per heavy atom. The molecule has 0 saturated carbocycles. The fraction of sp³-hybridized carbons (Fsp3) is 0.360. The molecule has 1 unspecified atom stereocenters. The Morgan fingerprint density at radius 2 is 2.00 bits per heavy atom. The smallest absolute Gasteiger partial charge is 0.233 e. The number of ether oxygens (including phenoxy) is 1. The zero-order chi connectivity index (χ0) is 24.1. The first kappa shape index (κ1) is 24.3. The van der Waals surface area contributed by atoms with Crippen LogP contribution < -0.4 is 4.74 Å². The molecule has 1 aliphatic rings. The summed E-state index contributed by atoms with van der Waals surface area (Å²) < 4.78 is 31.4. The van der Waals surface area contributed by atoms with Gasteiger partial charge in [0.1, 0.15) is 5.75 Å². The third kappa shape index (κ3) is 5.47.